The number of anilines is 2. The number of urea groups is 1. The van der Waals surface area contributed by atoms with Gasteiger partial charge in [-0.25, -0.2) is 9.48 Å². The molecule has 1 aliphatic rings. The van der Waals surface area contributed by atoms with Crippen molar-refractivity contribution in [3.8, 4) is 11.8 Å². The van der Waals surface area contributed by atoms with Crippen LogP contribution in [0.25, 0.3) is 5.69 Å². The van der Waals surface area contributed by atoms with Crippen LogP contribution in [0, 0.1) is 11.3 Å². The summed E-state index contributed by atoms with van der Waals surface area (Å²) in [4.78, 5) is 11.6. The van der Waals surface area contributed by atoms with Crippen LogP contribution in [0.3, 0.4) is 0 Å². The molecule has 1 aromatic carbocycles. The predicted octanol–water partition coefficient (Wildman–Crippen LogP) is 2.16. The summed E-state index contributed by atoms with van der Waals surface area (Å²) in [6.07, 6.45) is 0. The zero-order valence-electron chi connectivity index (χ0n) is 12.6. The second-order valence-electron chi connectivity index (χ2n) is 5.57. The van der Waals surface area contributed by atoms with E-state index in [0.29, 0.717) is 11.5 Å². The number of hydrogen-bond acceptors (Lipinski definition) is 4. The van der Waals surface area contributed by atoms with E-state index in [1.54, 1.807) is 4.68 Å². The number of aromatic nitrogens is 2. The van der Waals surface area contributed by atoms with Gasteiger partial charge in [-0.15, -0.1) is 0 Å². The van der Waals surface area contributed by atoms with Crippen molar-refractivity contribution in [3.63, 3.8) is 0 Å². The van der Waals surface area contributed by atoms with Gasteiger partial charge in [0.05, 0.1) is 11.2 Å². The molecule has 7 nitrogen and oxygen atoms in total. The average molecular weight is 296 g/mol. The Balaban J connectivity index is 2.23. The lowest BCUT2D eigenvalue weighted by Crippen LogP contribution is -2.35. The molecule has 0 aliphatic carbocycles. The third-order valence-corrected chi connectivity index (χ3v) is 3.69. The van der Waals surface area contributed by atoms with Crippen LogP contribution in [0.4, 0.5) is 16.3 Å². The van der Waals surface area contributed by atoms with Gasteiger partial charge in [-0.3, -0.25) is 0 Å². The Kier molecular flexibility index (Phi) is 3.03. The first-order valence-electron chi connectivity index (χ1n) is 6.88. The van der Waals surface area contributed by atoms with Gasteiger partial charge in [0, 0.05) is 12.6 Å². The number of amides is 2. The molecule has 22 heavy (non-hydrogen) atoms. The van der Waals surface area contributed by atoms with E-state index >= 15 is 0 Å². The summed E-state index contributed by atoms with van der Waals surface area (Å²) < 4.78 is 1.66. The Morgan fingerprint density at radius 3 is 2.82 bits per heavy atom. The summed E-state index contributed by atoms with van der Waals surface area (Å²) in [6, 6.07) is 9.48. The van der Waals surface area contributed by atoms with Crippen molar-refractivity contribution in [1.29, 1.82) is 5.26 Å². The van der Waals surface area contributed by atoms with Crippen LogP contribution in [0.5, 0.6) is 0 Å². The minimum absolute atomic E-state index is 0.165. The Bertz CT molecular complexity index is 799. The topological polar surface area (TPSA) is 94.8 Å². The van der Waals surface area contributed by atoms with Crippen molar-refractivity contribution in [2.24, 2.45) is 0 Å². The Morgan fingerprint density at radius 1 is 1.41 bits per heavy atom. The lowest BCUT2D eigenvalue weighted by molar-refractivity contribution is 0.254. The maximum absolute atomic E-state index is 11.6. The second kappa shape index (κ2) is 4.77. The van der Waals surface area contributed by atoms with Crippen molar-refractivity contribution in [1.82, 2.24) is 15.1 Å². The van der Waals surface area contributed by atoms with Crippen LogP contribution in [0.1, 0.15) is 25.1 Å². The second-order valence-corrected chi connectivity index (χ2v) is 5.57. The van der Waals surface area contributed by atoms with Gasteiger partial charge in [0.25, 0.3) is 0 Å². The highest BCUT2D eigenvalue weighted by Gasteiger charge is 2.34. The maximum Gasteiger partial charge on any atom is 0.319 e. The molecule has 0 bridgehead atoms. The van der Waals surface area contributed by atoms with Gasteiger partial charge in [0.1, 0.15) is 11.8 Å². The molecule has 0 atom stereocenters. The predicted molar refractivity (Wildman–Crippen MR) is 83.0 cm³/mol. The fraction of sp³-hybridized carbons (Fsp3) is 0.267. The third kappa shape index (κ3) is 1.97. The minimum Gasteiger partial charge on any atom is -0.359 e. The lowest BCUT2D eigenvalue weighted by atomic mass is 9.91. The Morgan fingerprint density at radius 2 is 2.14 bits per heavy atom. The van der Waals surface area contributed by atoms with Gasteiger partial charge < -0.3 is 16.0 Å². The first-order valence-corrected chi connectivity index (χ1v) is 6.88. The van der Waals surface area contributed by atoms with Crippen molar-refractivity contribution in [2.75, 3.05) is 17.7 Å². The number of fused-ring (bicyclic) bond motifs is 3. The smallest absolute Gasteiger partial charge is 0.319 e. The fourth-order valence-electron chi connectivity index (χ4n) is 2.63. The summed E-state index contributed by atoms with van der Waals surface area (Å²) >= 11 is 0. The van der Waals surface area contributed by atoms with E-state index in [0.717, 1.165) is 11.3 Å². The largest absolute Gasteiger partial charge is 0.359 e. The van der Waals surface area contributed by atoms with Crippen LogP contribution in [0.15, 0.2) is 24.3 Å². The molecule has 3 N–H and O–H groups in total. The summed E-state index contributed by atoms with van der Waals surface area (Å²) in [7, 11) is 1.52. The van der Waals surface area contributed by atoms with Gasteiger partial charge in [-0.05, 0) is 19.9 Å². The summed E-state index contributed by atoms with van der Waals surface area (Å²) in [6.45, 7) is 4.08. The zero-order chi connectivity index (χ0) is 15.9. The van der Waals surface area contributed by atoms with E-state index in [9.17, 15) is 10.1 Å². The highest BCUT2D eigenvalue weighted by molar-refractivity contribution is 5.94. The number of benzene rings is 1. The van der Waals surface area contributed by atoms with Crippen LogP contribution < -0.4 is 16.0 Å². The number of nitrogens with one attached hydrogen (secondary N) is 3. The average Bonchev–Trinajstić information content (AvgIpc) is 2.84. The molecule has 0 saturated heterocycles. The molecule has 7 heteroatoms. The van der Waals surface area contributed by atoms with E-state index in [1.165, 1.54) is 7.05 Å². The van der Waals surface area contributed by atoms with Gasteiger partial charge in [0.2, 0.25) is 0 Å². The number of rotatable bonds is 1. The molecular formula is C15H16N6O. The van der Waals surface area contributed by atoms with E-state index < -0.39 is 6.03 Å². The van der Waals surface area contributed by atoms with E-state index in [2.05, 4.69) is 21.0 Å². The molecule has 1 aliphatic heterocycles. The molecule has 2 amide bonds. The SMILES string of the molecule is CNC(=O)Nc1c(C#N)nn2c1NC(C)(C)c1ccccc1-2. The number of carbonyl (C=O) groups is 1. The molecule has 0 saturated carbocycles. The van der Waals surface area contributed by atoms with Gasteiger partial charge in [-0.2, -0.15) is 10.4 Å². The van der Waals surface area contributed by atoms with Crippen molar-refractivity contribution in [2.45, 2.75) is 19.4 Å². The summed E-state index contributed by atoms with van der Waals surface area (Å²) in [5.41, 5.74) is 2.16. The molecule has 1 aromatic heterocycles. The summed E-state index contributed by atoms with van der Waals surface area (Å²) in [5.74, 6) is 0.601. The molecule has 2 aromatic rings. The van der Waals surface area contributed by atoms with E-state index in [-0.39, 0.29) is 11.2 Å². The molecule has 2 heterocycles. The monoisotopic (exact) mass is 296 g/mol. The van der Waals surface area contributed by atoms with Crippen LogP contribution in [0.2, 0.25) is 0 Å². The normalized spacial score (nSPS) is 14.1. The molecule has 0 fully saturated rings. The number of para-hydroxylation sites is 1. The molecule has 112 valence electrons. The molecule has 0 spiro atoms. The standard InChI is InChI=1S/C15H16N6O/c1-15(2)9-6-4-5-7-11(9)21-13(19-15)12(10(8-16)20-21)18-14(22)17-3/h4-7,19H,1-3H3,(H2,17,18,22). The van der Waals surface area contributed by atoms with Gasteiger partial charge in [-0.1, -0.05) is 18.2 Å². The van der Waals surface area contributed by atoms with E-state index in [4.69, 9.17) is 0 Å². The zero-order valence-corrected chi connectivity index (χ0v) is 12.6. The molecular weight excluding hydrogens is 280 g/mol. The molecule has 3 rings (SSSR count). The fourth-order valence-corrected chi connectivity index (χ4v) is 2.63. The van der Waals surface area contributed by atoms with Gasteiger partial charge in [0.15, 0.2) is 11.5 Å². The first kappa shape index (κ1) is 13.9. The number of hydrogen-bond donors (Lipinski definition) is 3. The number of nitriles is 1. The van der Waals surface area contributed by atoms with Crippen LogP contribution in [-0.4, -0.2) is 22.9 Å². The van der Waals surface area contributed by atoms with Crippen molar-refractivity contribution < 1.29 is 4.79 Å². The molecule has 0 radical (unpaired) electrons. The first-order chi connectivity index (χ1) is 10.5. The minimum atomic E-state index is -0.397. The Hall–Kier alpha value is -3.01. The number of nitrogens with zero attached hydrogens (tertiary/aromatic N) is 3. The van der Waals surface area contributed by atoms with Gasteiger partial charge >= 0.3 is 6.03 Å². The number of carbonyl (C=O) groups excluding carboxylic acids is 1. The highest BCUT2D eigenvalue weighted by atomic mass is 16.2. The maximum atomic E-state index is 11.6. The van der Waals surface area contributed by atoms with Crippen molar-refractivity contribution in [3.05, 3.63) is 35.5 Å². The Labute approximate surface area is 127 Å². The highest BCUT2D eigenvalue weighted by Crippen LogP contribution is 2.41. The summed E-state index contributed by atoms with van der Waals surface area (Å²) in [5, 5.41) is 22.1. The van der Waals surface area contributed by atoms with Crippen LogP contribution in [-0.2, 0) is 5.54 Å². The third-order valence-electron chi connectivity index (χ3n) is 3.69. The van der Waals surface area contributed by atoms with E-state index in [1.807, 2.05) is 44.2 Å². The van der Waals surface area contributed by atoms with Crippen LogP contribution >= 0.6 is 0 Å². The quantitative estimate of drug-likeness (QED) is 0.751. The van der Waals surface area contributed by atoms with Crippen molar-refractivity contribution >= 4 is 17.5 Å². The molecule has 0 unspecified atom stereocenters. The lowest BCUT2D eigenvalue weighted by Gasteiger charge is -2.35.